The fraction of sp³-hybridized carbons (Fsp3) is 0.400. The van der Waals surface area contributed by atoms with E-state index in [9.17, 15) is 14.0 Å². The zero-order valence-electron chi connectivity index (χ0n) is 21.0. The van der Waals surface area contributed by atoms with Crippen molar-refractivity contribution in [3.05, 3.63) is 78.3 Å². The first kappa shape index (κ1) is 25.1. The van der Waals surface area contributed by atoms with Crippen molar-refractivity contribution in [3.63, 3.8) is 0 Å². The van der Waals surface area contributed by atoms with E-state index in [-0.39, 0.29) is 23.0 Å². The number of furan rings is 1. The van der Waals surface area contributed by atoms with E-state index < -0.39 is 5.82 Å². The molecule has 5 rings (SSSR count). The Bertz CT molecular complexity index is 1210. The summed E-state index contributed by atoms with van der Waals surface area (Å²) in [7, 11) is 0. The highest BCUT2D eigenvalue weighted by Gasteiger charge is 2.40. The van der Waals surface area contributed by atoms with Crippen molar-refractivity contribution >= 4 is 11.8 Å². The second-order valence-corrected chi connectivity index (χ2v) is 10.2. The van der Waals surface area contributed by atoms with Crippen LogP contribution in [-0.4, -0.2) is 54.4 Å². The molecule has 0 atom stereocenters. The molecule has 3 aromatic rings. The molecule has 0 spiro atoms. The van der Waals surface area contributed by atoms with Crippen LogP contribution in [0, 0.1) is 11.2 Å². The van der Waals surface area contributed by atoms with Gasteiger partial charge in [-0.2, -0.15) is 0 Å². The fourth-order valence-electron chi connectivity index (χ4n) is 5.30. The molecule has 2 aliphatic heterocycles. The maximum absolute atomic E-state index is 14.2. The molecule has 2 aliphatic rings. The number of halogens is 1. The molecular weight excluding hydrogens is 471 g/mol. The molecule has 6 nitrogen and oxygen atoms in total. The van der Waals surface area contributed by atoms with Gasteiger partial charge in [-0.3, -0.25) is 9.59 Å². The normalized spacial score (nSPS) is 17.4. The van der Waals surface area contributed by atoms with Gasteiger partial charge in [-0.05, 0) is 68.5 Å². The van der Waals surface area contributed by atoms with Gasteiger partial charge in [0, 0.05) is 38.0 Å². The molecule has 0 saturated carbocycles. The van der Waals surface area contributed by atoms with E-state index in [2.05, 4.69) is 0 Å². The maximum atomic E-state index is 14.2. The van der Waals surface area contributed by atoms with Crippen LogP contribution < -0.4 is 4.74 Å². The van der Waals surface area contributed by atoms with Crippen LogP contribution in [0.2, 0.25) is 0 Å². The molecule has 194 valence electrons. The number of amides is 2. The average molecular weight is 505 g/mol. The van der Waals surface area contributed by atoms with Crippen LogP contribution in [0.5, 0.6) is 5.75 Å². The lowest BCUT2D eigenvalue weighted by Gasteiger charge is -2.42. The quantitative estimate of drug-likeness (QED) is 0.409. The Morgan fingerprint density at radius 1 is 0.838 bits per heavy atom. The molecule has 2 aromatic carbocycles. The highest BCUT2D eigenvalue weighted by atomic mass is 19.1. The highest BCUT2D eigenvalue weighted by Crippen LogP contribution is 2.37. The lowest BCUT2D eigenvalue weighted by molar-refractivity contribution is -0.136. The lowest BCUT2D eigenvalue weighted by atomic mass is 9.75. The minimum Gasteiger partial charge on any atom is -0.493 e. The van der Waals surface area contributed by atoms with E-state index in [0.717, 1.165) is 31.7 Å². The molecule has 7 heteroatoms. The molecule has 3 heterocycles. The van der Waals surface area contributed by atoms with Crippen molar-refractivity contribution in [3.8, 4) is 17.1 Å². The summed E-state index contributed by atoms with van der Waals surface area (Å²) >= 11 is 0. The van der Waals surface area contributed by atoms with Crippen LogP contribution in [0.15, 0.2) is 71.1 Å². The topological polar surface area (TPSA) is 63.0 Å². The number of benzene rings is 2. The van der Waals surface area contributed by atoms with Gasteiger partial charge in [-0.1, -0.05) is 30.3 Å². The molecule has 0 N–H and O–H groups in total. The third-order valence-corrected chi connectivity index (χ3v) is 7.59. The van der Waals surface area contributed by atoms with Crippen LogP contribution in [0.3, 0.4) is 0 Å². The summed E-state index contributed by atoms with van der Waals surface area (Å²) in [4.78, 5) is 30.2. The molecule has 0 radical (unpaired) electrons. The number of hydrogen-bond acceptors (Lipinski definition) is 4. The number of rotatable bonds is 7. The predicted octanol–water partition coefficient (Wildman–Crippen LogP) is 5.79. The van der Waals surface area contributed by atoms with Gasteiger partial charge in [0.25, 0.3) is 5.91 Å². The Morgan fingerprint density at radius 3 is 2.27 bits per heavy atom. The van der Waals surface area contributed by atoms with Crippen molar-refractivity contribution in [2.24, 2.45) is 5.41 Å². The molecule has 0 unspecified atom stereocenters. The highest BCUT2D eigenvalue weighted by molar-refractivity contribution is 5.92. The van der Waals surface area contributed by atoms with E-state index in [1.807, 2.05) is 35.2 Å². The Labute approximate surface area is 217 Å². The first-order valence-electron chi connectivity index (χ1n) is 13.1. The van der Waals surface area contributed by atoms with E-state index in [1.165, 1.54) is 12.5 Å². The number of hydrogen-bond donors (Lipinski definition) is 0. The van der Waals surface area contributed by atoms with E-state index in [4.69, 9.17) is 9.15 Å². The van der Waals surface area contributed by atoms with Crippen molar-refractivity contribution in [1.82, 2.24) is 9.80 Å². The smallest absolute Gasteiger partial charge is 0.289 e. The maximum Gasteiger partial charge on any atom is 0.289 e. The van der Waals surface area contributed by atoms with E-state index in [1.54, 1.807) is 35.2 Å². The largest absolute Gasteiger partial charge is 0.493 e. The Morgan fingerprint density at radius 2 is 1.54 bits per heavy atom. The zero-order valence-corrected chi connectivity index (χ0v) is 21.0. The number of carbonyl (C=O) groups is 2. The van der Waals surface area contributed by atoms with Crippen molar-refractivity contribution < 1.29 is 23.1 Å². The second kappa shape index (κ2) is 11.2. The molecule has 2 fully saturated rings. The van der Waals surface area contributed by atoms with Gasteiger partial charge in [-0.15, -0.1) is 0 Å². The zero-order chi connectivity index (χ0) is 25.7. The number of ether oxygens (including phenoxy) is 1. The van der Waals surface area contributed by atoms with Crippen LogP contribution in [0.1, 0.15) is 49.1 Å². The number of piperidine rings is 2. The predicted molar refractivity (Wildman–Crippen MR) is 139 cm³/mol. The van der Waals surface area contributed by atoms with Gasteiger partial charge in [0.1, 0.15) is 17.3 Å². The second-order valence-electron chi connectivity index (χ2n) is 10.2. The average Bonchev–Trinajstić information content (AvgIpc) is 3.43. The Kier molecular flexibility index (Phi) is 7.58. The molecular formula is C30H33FN2O4. The number of likely N-dealkylation sites (tertiary alicyclic amines) is 2. The third kappa shape index (κ3) is 5.87. The van der Waals surface area contributed by atoms with Crippen LogP contribution >= 0.6 is 0 Å². The number of nitrogens with zero attached hydrogens (tertiary/aromatic N) is 2. The Balaban J connectivity index is 1.27. The summed E-state index contributed by atoms with van der Waals surface area (Å²) in [5.41, 5.74) is -0.0173. The van der Waals surface area contributed by atoms with Gasteiger partial charge in [0.05, 0.1) is 12.2 Å². The Hall–Kier alpha value is -3.61. The van der Waals surface area contributed by atoms with E-state index in [0.29, 0.717) is 50.3 Å². The summed E-state index contributed by atoms with van der Waals surface area (Å²) < 4.78 is 26.1. The summed E-state index contributed by atoms with van der Waals surface area (Å²) in [6, 6.07) is 19.2. The summed E-state index contributed by atoms with van der Waals surface area (Å²) in [6.45, 7) is 3.07. The molecule has 1 aromatic heterocycles. The fourth-order valence-corrected chi connectivity index (χ4v) is 5.30. The molecule has 0 aliphatic carbocycles. The summed E-state index contributed by atoms with van der Waals surface area (Å²) in [5.74, 6) is 0.864. The minimum absolute atomic E-state index is 0.178. The summed E-state index contributed by atoms with van der Waals surface area (Å²) in [5, 5.41) is 0. The third-order valence-electron chi connectivity index (χ3n) is 7.59. The summed E-state index contributed by atoms with van der Waals surface area (Å²) in [6.07, 6.45) is 5.02. The van der Waals surface area contributed by atoms with Crippen LogP contribution in [0.4, 0.5) is 4.39 Å². The number of para-hydroxylation sites is 1. The van der Waals surface area contributed by atoms with Crippen molar-refractivity contribution in [1.29, 1.82) is 0 Å². The molecule has 0 bridgehead atoms. The molecule has 2 saturated heterocycles. The monoisotopic (exact) mass is 504 g/mol. The first-order valence-corrected chi connectivity index (χ1v) is 13.1. The van der Waals surface area contributed by atoms with Gasteiger partial charge >= 0.3 is 0 Å². The SMILES string of the molecule is O=C(CC1(COc2ccccc2)CCN(C(=O)c2ccc(-c3ccccc3F)o2)CC1)N1CCCCC1. The lowest BCUT2D eigenvalue weighted by Crippen LogP contribution is -2.48. The van der Waals surface area contributed by atoms with Gasteiger partial charge in [0.2, 0.25) is 5.91 Å². The molecule has 2 amide bonds. The van der Waals surface area contributed by atoms with E-state index >= 15 is 0 Å². The molecule has 37 heavy (non-hydrogen) atoms. The van der Waals surface area contributed by atoms with Crippen molar-refractivity contribution in [2.45, 2.75) is 38.5 Å². The van der Waals surface area contributed by atoms with Gasteiger partial charge in [-0.25, -0.2) is 4.39 Å². The standard InChI is InChI=1S/C30H33FN2O4/c31-25-12-6-5-11-24(25)26-13-14-27(37-26)29(35)33-19-15-30(16-20-33,22-36-23-9-3-1-4-10-23)21-28(34)32-17-7-2-8-18-32/h1,3-6,9-14H,2,7-8,15-22H2. The van der Waals surface area contributed by atoms with Crippen LogP contribution in [0.25, 0.3) is 11.3 Å². The van der Waals surface area contributed by atoms with Crippen molar-refractivity contribution in [2.75, 3.05) is 32.8 Å². The first-order chi connectivity index (χ1) is 18.0. The van der Waals surface area contributed by atoms with Gasteiger partial charge in [0.15, 0.2) is 5.76 Å². The van der Waals surface area contributed by atoms with Crippen LogP contribution in [-0.2, 0) is 4.79 Å². The van der Waals surface area contributed by atoms with Gasteiger partial charge < -0.3 is 19.0 Å². The minimum atomic E-state index is -0.393. The number of carbonyl (C=O) groups excluding carboxylic acids is 2.